The van der Waals surface area contributed by atoms with Crippen LogP contribution in [-0.2, 0) is 9.53 Å². The van der Waals surface area contributed by atoms with Gasteiger partial charge in [0.2, 0.25) is 5.91 Å². The molecule has 1 saturated heterocycles. The molecule has 6 heteroatoms. The highest BCUT2D eigenvalue weighted by atomic mass is 32.1. The third kappa shape index (κ3) is 3.79. The van der Waals surface area contributed by atoms with Crippen molar-refractivity contribution in [3.8, 4) is 0 Å². The second-order valence-electron chi connectivity index (χ2n) is 5.25. The molecule has 1 aromatic heterocycles. The molecule has 2 heterocycles. The lowest BCUT2D eigenvalue weighted by Crippen LogP contribution is -2.33. The predicted octanol–water partition coefficient (Wildman–Crippen LogP) is 1.15. The second kappa shape index (κ2) is 7.17. The lowest BCUT2D eigenvalue weighted by atomic mass is 10.3. The lowest BCUT2D eigenvalue weighted by Gasteiger charge is -2.23. The molecule has 0 spiro atoms. The van der Waals surface area contributed by atoms with Gasteiger partial charge in [0.15, 0.2) is 0 Å². The number of ether oxygens (including phenoxy) is 1. The zero-order valence-electron chi connectivity index (χ0n) is 12.3. The third-order valence-electron chi connectivity index (χ3n) is 3.35. The van der Waals surface area contributed by atoms with Crippen LogP contribution in [0, 0.1) is 0 Å². The lowest BCUT2D eigenvalue weighted by molar-refractivity contribution is -0.130. The summed E-state index contributed by atoms with van der Waals surface area (Å²) in [4.78, 5) is 17.3. The first-order valence-electron chi connectivity index (χ1n) is 6.92. The van der Waals surface area contributed by atoms with Crippen molar-refractivity contribution in [2.24, 2.45) is 0 Å². The molecule has 0 aromatic carbocycles. The number of nitrogens with one attached hydrogen (secondary N) is 1. The molecule has 2 atom stereocenters. The monoisotopic (exact) mass is 297 g/mol. The maximum Gasteiger partial charge on any atom is 0.241 e. The van der Waals surface area contributed by atoms with E-state index in [9.17, 15) is 4.79 Å². The number of nitrogens with zero attached hydrogens (tertiary/aromatic N) is 2. The SMILES string of the molecule is CC1NC(c2cccs2)N(CCOCCN(C)C)C1=O. The molecule has 1 aliphatic heterocycles. The van der Waals surface area contributed by atoms with Gasteiger partial charge in [-0.25, -0.2) is 0 Å². The zero-order valence-corrected chi connectivity index (χ0v) is 13.2. The van der Waals surface area contributed by atoms with Crippen LogP contribution < -0.4 is 5.32 Å². The summed E-state index contributed by atoms with van der Waals surface area (Å²) in [5.74, 6) is 0.152. The minimum absolute atomic E-state index is 0.00468. The topological polar surface area (TPSA) is 44.8 Å². The fraction of sp³-hybridized carbons (Fsp3) is 0.643. The van der Waals surface area contributed by atoms with Crippen molar-refractivity contribution in [1.82, 2.24) is 15.1 Å². The Balaban J connectivity index is 1.85. The van der Waals surface area contributed by atoms with Crippen LogP contribution in [0.5, 0.6) is 0 Å². The summed E-state index contributed by atoms with van der Waals surface area (Å²) >= 11 is 1.67. The van der Waals surface area contributed by atoms with E-state index in [-0.39, 0.29) is 18.1 Å². The quantitative estimate of drug-likeness (QED) is 0.767. The van der Waals surface area contributed by atoms with Gasteiger partial charge in [0.05, 0.1) is 19.3 Å². The normalized spacial score (nSPS) is 23.0. The van der Waals surface area contributed by atoms with E-state index in [1.54, 1.807) is 11.3 Å². The van der Waals surface area contributed by atoms with E-state index in [2.05, 4.69) is 16.3 Å². The fourth-order valence-electron chi connectivity index (χ4n) is 2.21. The average Bonchev–Trinajstić information content (AvgIpc) is 3.01. The molecule has 1 aromatic rings. The molecule has 20 heavy (non-hydrogen) atoms. The van der Waals surface area contributed by atoms with E-state index < -0.39 is 0 Å². The summed E-state index contributed by atoms with van der Waals surface area (Å²) in [6, 6.07) is 3.96. The molecule has 2 unspecified atom stereocenters. The van der Waals surface area contributed by atoms with Gasteiger partial charge in [0, 0.05) is 18.0 Å². The minimum Gasteiger partial charge on any atom is -0.378 e. The Bertz CT molecular complexity index is 422. The minimum atomic E-state index is -0.121. The molecule has 0 saturated carbocycles. The highest BCUT2D eigenvalue weighted by Gasteiger charge is 2.37. The van der Waals surface area contributed by atoms with Crippen molar-refractivity contribution in [3.05, 3.63) is 22.4 Å². The number of likely N-dealkylation sites (N-methyl/N-ethyl adjacent to an activating group) is 1. The van der Waals surface area contributed by atoms with Gasteiger partial charge in [0.1, 0.15) is 6.17 Å². The van der Waals surface area contributed by atoms with Crippen molar-refractivity contribution in [2.45, 2.75) is 19.1 Å². The van der Waals surface area contributed by atoms with E-state index in [1.165, 1.54) is 4.88 Å². The van der Waals surface area contributed by atoms with Gasteiger partial charge < -0.3 is 14.5 Å². The molecule has 0 radical (unpaired) electrons. The first kappa shape index (κ1) is 15.4. The number of rotatable bonds is 7. The van der Waals surface area contributed by atoms with Gasteiger partial charge in [-0.3, -0.25) is 10.1 Å². The molecule has 112 valence electrons. The van der Waals surface area contributed by atoms with Gasteiger partial charge in [-0.2, -0.15) is 0 Å². The van der Waals surface area contributed by atoms with Crippen molar-refractivity contribution in [3.63, 3.8) is 0 Å². The van der Waals surface area contributed by atoms with E-state index in [1.807, 2.05) is 37.4 Å². The Hall–Kier alpha value is -0.950. The number of hydrogen-bond acceptors (Lipinski definition) is 5. The second-order valence-corrected chi connectivity index (χ2v) is 6.23. The average molecular weight is 297 g/mol. The number of carbonyl (C=O) groups excluding carboxylic acids is 1. The summed E-state index contributed by atoms with van der Waals surface area (Å²) in [6.07, 6.45) is -0.00468. The van der Waals surface area contributed by atoms with Crippen LogP contribution >= 0.6 is 11.3 Å². The van der Waals surface area contributed by atoms with Crippen LogP contribution in [0.1, 0.15) is 18.0 Å². The van der Waals surface area contributed by atoms with Gasteiger partial charge >= 0.3 is 0 Å². The number of thiophene rings is 1. The van der Waals surface area contributed by atoms with Crippen LogP contribution in [0.15, 0.2) is 17.5 Å². The molecular formula is C14H23N3O2S. The van der Waals surface area contributed by atoms with Crippen LogP contribution in [0.3, 0.4) is 0 Å². The van der Waals surface area contributed by atoms with E-state index >= 15 is 0 Å². The van der Waals surface area contributed by atoms with E-state index in [0.29, 0.717) is 19.8 Å². The molecule has 0 aliphatic carbocycles. The van der Waals surface area contributed by atoms with Crippen molar-refractivity contribution >= 4 is 17.2 Å². The zero-order chi connectivity index (χ0) is 14.5. The Morgan fingerprint density at radius 3 is 2.90 bits per heavy atom. The van der Waals surface area contributed by atoms with E-state index in [4.69, 9.17) is 4.74 Å². The maximum absolute atomic E-state index is 12.2. The summed E-state index contributed by atoms with van der Waals surface area (Å²) in [6.45, 7) is 4.72. The molecule has 1 fully saturated rings. The molecule has 1 amide bonds. The Kier molecular flexibility index (Phi) is 5.54. The van der Waals surface area contributed by atoms with Gasteiger partial charge in [-0.05, 0) is 32.5 Å². The number of hydrogen-bond donors (Lipinski definition) is 1. The number of amides is 1. The van der Waals surface area contributed by atoms with Crippen molar-refractivity contribution in [1.29, 1.82) is 0 Å². The fourth-order valence-corrected chi connectivity index (χ4v) is 3.00. The Morgan fingerprint density at radius 1 is 1.45 bits per heavy atom. The standard InChI is InChI=1S/C14H23N3O2S/c1-11-14(18)17(7-9-19-8-6-16(2)3)13(15-11)12-5-4-10-20-12/h4-5,10-11,13,15H,6-9H2,1-3H3. The van der Waals surface area contributed by atoms with Crippen molar-refractivity contribution in [2.75, 3.05) is 40.4 Å². The smallest absolute Gasteiger partial charge is 0.241 e. The van der Waals surface area contributed by atoms with Crippen LogP contribution in [-0.4, -0.2) is 62.1 Å². The van der Waals surface area contributed by atoms with Crippen LogP contribution in [0.4, 0.5) is 0 Å². The summed E-state index contributed by atoms with van der Waals surface area (Å²) in [7, 11) is 4.04. The van der Waals surface area contributed by atoms with Crippen LogP contribution in [0.2, 0.25) is 0 Å². The van der Waals surface area contributed by atoms with Gasteiger partial charge in [0.25, 0.3) is 0 Å². The van der Waals surface area contributed by atoms with Gasteiger partial charge in [-0.1, -0.05) is 6.07 Å². The summed E-state index contributed by atoms with van der Waals surface area (Å²) in [5, 5.41) is 5.38. The maximum atomic E-state index is 12.2. The highest BCUT2D eigenvalue weighted by Crippen LogP contribution is 2.28. The molecule has 1 N–H and O–H groups in total. The summed E-state index contributed by atoms with van der Waals surface area (Å²) < 4.78 is 5.60. The molecular weight excluding hydrogens is 274 g/mol. The third-order valence-corrected chi connectivity index (χ3v) is 4.27. The Labute approximate surface area is 124 Å². The number of carbonyl (C=O) groups is 1. The van der Waals surface area contributed by atoms with Crippen LogP contribution in [0.25, 0.3) is 0 Å². The summed E-state index contributed by atoms with van der Waals surface area (Å²) in [5.41, 5.74) is 0. The molecule has 2 rings (SSSR count). The van der Waals surface area contributed by atoms with Crippen molar-refractivity contribution < 1.29 is 9.53 Å². The first-order chi connectivity index (χ1) is 9.59. The largest absolute Gasteiger partial charge is 0.378 e. The van der Waals surface area contributed by atoms with Gasteiger partial charge in [-0.15, -0.1) is 11.3 Å². The van der Waals surface area contributed by atoms with E-state index in [0.717, 1.165) is 6.54 Å². The Morgan fingerprint density at radius 2 is 2.25 bits per heavy atom. The highest BCUT2D eigenvalue weighted by molar-refractivity contribution is 7.10. The molecule has 5 nitrogen and oxygen atoms in total. The first-order valence-corrected chi connectivity index (χ1v) is 7.80. The molecule has 1 aliphatic rings. The predicted molar refractivity (Wildman–Crippen MR) is 80.7 cm³/mol. The molecule has 0 bridgehead atoms.